The van der Waals surface area contributed by atoms with Crippen LogP contribution in [-0.2, 0) is 0 Å². The summed E-state index contributed by atoms with van der Waals surface area (Å²) in [6, 6.07) is 10.9. The van der Waals surface area contributed by atoms with E-state index in [1.54, 1.807) is 4.68 Å². The van der Waals surface area contributed by atoms with Crippen LogP contribution in [-0.4, -0.2) is 26.3 Å². The Bertz CT molecular complexity index is 1230. The summed E-state index contributed by atoms with van der Waals surface area (Å²) < 4.78 is 30.1. The van der Waals surface area contributed by atoms with Crippen molar-refractivity contribution in [2.45, 2.75) is 20.8 Å². The lowest BCUT2D eigenvalue weighted by Gasteiger charge is -2.10. The smallest absolute Gasteiger partial charge is 0.225 e. The number of hydrogen-bond donors (Lipinski definition) is 2. The first-order valence-electron chi connectivity index (χ1n) is 9.66. The highest BCUT2D eigenvalue weighted by atomic mass is 19.1. The summed E-state index contributed by atoms with van der Waals surface area (Å²) in [4.78, 5) is 8.93. The fourth-order valence-corrected chi connectivity index (χ4v) is 3.22. The number of aromatic nitrogens is 4. The van der Waals surface area contributed by atoms with Crippen LogP contribution in [0.15, 0.2) is 42.5 Å². The van der Waals surface area contributed by atoms with Gasteiger partial charge in [0, 0.05) is 12.1 Å². The number of nitrogens with two attached hydrogens (primary N) is 1. The van der Waals surface area contributed by atoms with Crippen molar-refractivity contribution in [1.29, 1.82) is 0 Å². The first-order valence-corrected chi connectivity index (χ1v) is 9.66. The van der Waals surface area contributed by atoms with Gasteiger partial charge in [-0.2, -0.15) is 4.98 Å². The van der Waals surface area contributed by atoms with Crippen LogP contribution in [0.2, 0.25) is 0 Å². The van der Waals surface area contributed by atoms with Gasteiger partial charge in [0.25, 0.3) is 0 Å². The molecule has 30 heavy (non-hydrogen) atoms. The molecule has 0 amide bonds. The van der Waals surface area contributed by atoms with E-state index in [4.69, 9.17) is 5.73 Å². The molecule has 6 nitrogen and oxygen atoms in total. The number of rotatable bonds is 5. The Labute approximate surface area is 172 Å². The van der Waals surface area contributed by atoms with Crippen molar-refractivity contribution < 1.29 is 8.78 Å². The standard InChI is InChI=1S/C22H22F2N6/c1-12(2)11-26-22-27-19(16-10-14(23)7-8-17(16)24)18-20(25)30(29-21(18)28-22)15-6-4-5-13(3)9-15/h4-10,12H,11,25H2,1-3H3,(H,26,28,29). The minimum absolute atomic E-state index is 0.00508. The number of hydrogen-bond acceptors (Lipinski definition) is 5. The number of anilines is 2. The van der Waals surface area contributed by atoms with E-state index in [2.05, 4.69) is 20.4 Å². The molecule has 0 aliphatic heterocycles. The summed E-state index contributed by atoms with van der Waals surface area (Å²) in [5.41, 5.74) is 8.68. The molecule has 2 aromatic heterocycles. The Morgan fingerprint density at radius 3 is 2.63 bits per heavy atom. The topological polar surface area (TPSA) is 81.7 Å². The van der Waals surface area contributed by atoms with Crippen LogP contribution in [0, 0.1) is 24.5 Å². The minimum Gasteiger partial charge on any atom is -0.383 e. The van der Waals surface area contributed by atoms with Crippen molar-refractivity contribution in [3.63, 3.8) is 0 Å². The lowest BCUT2D eigenvalue weighted by atomic mass is 10.1. The van der Waals surface area contributed by atoms with Gasteiger partial charge in [-0.3, -0.25) is 0 Å². The van der Waals surface area contributed by atoms with Gasteiger partial charge in [-0.05, 0) is 48.7 Å². The predicted octanol–water partition coefficient (Wildman–Crippen LogP) is 4.72. The zero-order valence-electron chi connectivity index (χ0n) is 16.9. The molecule has 2 aromatic carbocycles. The van der Waals surface area contributed by atoms with E-state index in [0.717, 1.165) is 29.4 Å². The highest BCUT2D eigenvalue weighted by molar-refractivity contribution is 5.99. The number of nitrogen functional groups attached to an aromatic ring is 1. The molecule has 0 atom stereocenters. The number of halogens is 2. The van der Waals surface area contributed by atoms with Gasteiger partial charge in [-0.1, -0.05) is 26.0 Å². The molecule has 0 saturated heterocycles. The Morgan fingerprint density at radius 2 is 1.90 bits per heavy atom. The molecular weight excluding hydrogens is 386 g/mol. The predicted molar refractivity (Wildman–Crippen MR) is 114 cm³/mol. The zero-order chi connectivity index (χ0) is 21.4. The zero-order valence-corrected chi connectivity index (χ0v) is 16.9. The first kappa shape index (κ1) is 19.8. The molecule has 8 heteroatoms. The summed E-state index contributed by atoms with van der Waals surface area (Å²) >= 11 is 0. The van der Waals surface area contributed by atoms with Crippen molar-refractivity contribution >= 4 is 22.8 Å². The second-order valence-corrected chi connectivity index (χ2v) is 7.63. The third-order valence-electron chi connectivity index (χ3n) is 4.67. The fraction of sp³-hybridized carbons (Fsp3) is 0.227. The molecule has 4 aromatic rings. The van der Waals surface area contributed by atoms with Crippen LogP contribution in [0.5, 0.6) is 0 Å². The fourth-order valence-electron chi connectivity index (χ4n) is 3.22. The number of fused-ring (bicyclic) bond motifs is 1. The summed E-state index contributed by atoms with van der Waals surface area (Å²) in [5, 5.41) is 8.03. The van der Waals surface area contributed by atoms with E-state index in [9.17, 15) is 8.78 Å². The molecular formula is C22H22F2N6. The van der Waals surface area contributed by atoms with Crippen molar-refractivity contribution in [3.8, 4) is 16.9 Å². The van der Waals surface area contributed by atoms with Gasteiger partial charge in [-0.25, -0.2) is 18.4 Å². The minimum atomic E-state index is -0.603. The molecule has 0 aliphatic rings. The van der Waals surface area contributed by atoms with Crippen LogP contribution < -0.4 is 11.1 Å². The van der Waals surface area contributed by atoms with Crippen LogP contribution in [0.25, 0.3) is 28.0 Å². The molecule has 0 bridgehead atoms. The summed E-state index contributed by atoms with van der Waals surface area (Å²) in [6.07, 6.45) is 0. The Kier molecular flexibility index (Phi) is 5.07. The van der Waals surface area contributed by atoms with Crippen molar-refractivity contribution in [2.24, 2.45) is 5.92 Å². The first-order chi connectivity index (χ1) is 14.3. The average Bonchev–Trinajstić information content (AvgIpc) is 3.04. The second kappa shape index (κ2) is 7.70. The maximum atomic E-state index is 14.6. The van der Waals surface area contributed by atoms with Crippen LogP contribution in [0.1, 0.15) is 19.4 Å². The SMILES string of the molecule is Cc1cccc(-n2nc3nc(NCC(C)C)nc(-c4cc(F)ccc4F)c3c2N)c1. The summed E-state index contributed by atoms with van der Waals surface area (Å²) in [5.74, 6) is -0.296. The van der Waals surface area contributed by atoms with E-state index in [0.29, 0.717) is 23.5 Å². The van der Waals surface area contributed by atoms with Gasteiger partial charge in [0.15, 0.2) is 5.65 Å². The monoisotopic (exact) mass is 408 g/mol. The van der Waals surface area contributed by atoms with Gasteiger partial charge in [0.1, 0.15) is 17.5 Å². The molecule has 0 fully saturated rings. The average molecular weight is 408 g/mol. The Balaban J connectivity index is 1.98. The van der Waals surface area contributed by atoms with Gasteiger partial charge in [0.2, 0.25) is 5.95 Å². The Morgan fingerprint density at radius 1 is 1.10 bits per heavy atom. The van der Waals surface area contributed by atoms with Gasteiger partial charge in [0.05, 0.1) is 16.8 Å². The van der Waals surface area contributed by atoms with E-state index >= 15 is 0 Å². The summed E-state index contributed by atoms with van der Waals surface area (Å²) in [6.45, 7) is 6.67. The maximum absolute atomic E-state index is 14.6. The lowest BCUT2D eigenvalue weighted by molar-refractivity contribution is 0.603. The van der Waals surface area contributed by atoms with Crippen LogP contribution in [0.4, 0.5) is 20.5 Å². The third-order valence-corrected chi connectivity index (χ3v) is 4.67. The molecule has 0 saturated carbocycles. The summed E-state index contributed by atoms with van der Waals surface area (Å²) in [7, 11) is 0. The number of benzene rings is 2. The maximum Gasteiger partial charge on any atom is 0.225 e. The molecule has 0 unspecified atom stereocenters. The van der Waals surface area contributed by atoms with Crippen molar-refractivity contribution in [3.05, 3.63) is 59.7 Å². The van der Waals surface area contributed by atoms with E-state index in [1.807, 2.05) is 45.0 Å². The molecule has 4 rings (SSSR count). The van der Waals surface area contributed by atoms with Gasteiger partial charge >= 0.3 is 0 Å². The van der Waals surface area contributed by atoms with E-state index in [1.165, 1.54) is 0 Å². The largest absolute Gasteiger partial charge is 0.383 e. The van der Waals surface area contributed by atoms with Crippen molar-refractivity contribution in [1.82, 2.24) is 19.7 Å². The highest BCUT2D eigenvalue weighted by Crippen LogP contribution is 2.34. The molecule has 3 N–H and O–H groups in total. The third kappa shape index (κ3) is 3.68. The quantitative estimate of drug-likeness (QED) is 0.499. The molecule has 0 aliphatic carbocycles. The van der Waals surface area contributed by atoms with Gasteiger partial charge in [-0.15, -0.1) is 5.10 Å². The Hall–Kier alpha value is -3.55. The molecule has 0 spiro atoms. The molecule has 154 valence electrons. The van der Waals surface area contributed by atoms with Crippen LogP contribution in [0.3, 0.4) is 0 Å². The normalized spacial score (nSPS) is 11.4. The van der Waals surface area contributed by atoms with Crippen molar-refractivity contribution in [2.75, 3.05) is 17.6 Å². The van der Waals surface area contributed by atoms with E-state index in [-0.39, 0.29) is 23.0 Å². The molecule has 0 radical (unpaired) electrons. The number of aryl methyl sites for hydroxylation is 1. The van der Waals surface area contributed by atoms with Crippen LogP contribution >= 0.6 is 0 Å². The van der Waals surface area contributed by atoms with E-state index < -0.39 is 11.6 Å². The highest BCUT2D eigenvalue weighted by Gasteiger charge is 2.21. The number of nitrogens with one attached hydrogen (secondary N) is 1. The number of nitrogens with zero attached hydrogens (tertiary/aromatic N) is 4. The molecule has 2 heterocycles. The van der Waals surface area contributed by atoms with Gasteiger partial charge < -0.3 is 11.1 Å². The lowest BCUT2D eigenvalue weighted by Crippen LogP contribution is -2.11. The second-order valence-electron chi connectivity index (χ2n) is 7.63.